The van der Waals surface area contributed by atoms with Crippen LogP contribution in [0.1, 0.15) is 11.3 Å². The van der Waals surface area contributed by atoms with Gasteiger partial charge in [-0.15, -0.1) is 5.10 Å². The van der Waals surface area contributed by atoms with E-state index in [0.717, 1.165) is 49.9 Å². The standard InChI is InChI=1S/C21H21N5/c1-2-5-17(6-3-1)15-24-11-13-25(14-12-24)21-10-9-20-22-19(16-26(20)23-21)18-7-4-8-18/h1-10,16H,11-15H2. The highest BCUT2D eigenvalue weighted by Gasteiger charge is 2.19. The van der Waals surface area contributed by atoms with Crippen molar-refractivity contribution in [3.63, 3.8) is 0 Å². The second kappa shape index (κ2) is 6.42. The number of imidazole rings is 1. The van der Waals surface area contributed by atoms with Crippen molar-refractivity contribution in [3.05, 3.63) is 78.1 Å². The summed E-state index contributed by atoms with van der Waals surface area (Å²) in [5.41, 5.74) is 4.44. The molecule has 1 saturated heterocycles. The fourth-order valence-corrected chi connectivity index (χ4v) is 3.52. The lowest BCUT2D eigenvalue weighted by Gasteiger charge is -2.35. The topological polar surface area (TPSA) is 36.7 Å². The highest BCUT2D eigenvalue weighted by Crippen LogP contribution is 2.22. The molecule has 0 spiro atoms. The molecule has 26 heavy (non-hydrogen) atoms. The zero-order valence-electron chi connectivity index (χ0n) is 14.6. The molecule has 1 aromatic carbocycles. The SMILES string of the molecule is C1=CC(c2cn3nc(N4CCN(Cc5ccccc5)CC4)ccc3n2)=C1. The Morgan fingerprint density at radius 1 is 0.923 bits per heavy atom. The molecule has 2 aliphatic rings. The van der Waals surface area contributed by atoms with E-state index in [1.54, 1.807) is 0 Å². The smallest absolute Gasteiger partial charge is 0.154 e. The second-order valence-corrected chi connectivity index (χ2v) is 6.85. The van der Waals surface area contributed by atoms with Crippen molar-refractivity contribution in [2.75, 3.05) is 31.1 Å². The monoisotopic (exact) mass is 343 g/mol. The van der Waals surface area contributed by atoms with Crippen LogP contribution in [0, 0.1) is 0 Å². The van der Waals surface area contributed by atoms with Crippen molar-refractivity contribution < 1.29 is 0 Å². The van der Waals surface area contributed by atoms with E-state index in [-0.39, 0.29) is 0 Å². The molecular weight excluding hydrogens is 322 g/mol. The maximum atomic E-state index is 4.78. The summed E-state index contributed by atoms with van der Waals surface area (Å²) in [6, 6.07) is 14.8. The van der Waals surface area contributed by atoms with Crippen LogP contribution in [0.5, 0.6) is 0 Å². The molecule has 130 valence electrons. The van der Waals surface area contributed by atoms with Crippen LogP contribution in [0.25, 0.3) is 11.2 Å². The van der Waals surface area contributed by atoms with Crippen LogP contribution in [0.2, 0.25) is 0 Å². The van der Waals surface area contributed by atoms with Crippen LogP contribution in [0.3, 0.4) is 0 Å². The molecule has 0 N–H and O–H groups in total. The van der Waals surface area contributed by atoms with Gasteiger partial charge >= 0.3 is 0 Å². The lowest BCUT2D eigenvalue weighted by molar-refractivity contribution is 0.249. The zero-order valence-corrected chi connectivity index (χ0v) is 14.6. The van der Waals surface area contributed by atoms with Gasteiger partial charge in [-0.3, -0.25) is 4.90 Å². The Hall–Kier alpha value is -2.92. The first-order chi connectivity index (χ1) is 12.8. The minimum absolute atomic E-state index is 0.896. The summed E-state index contributed by atoms with van der Waals surface area (Å²) in [4.78, 5) is 9.51. The molecule has 0 radical (unpaired) electrons. The number of benzene rings is 1. The van der Waals surface area contributed by atoms with E-state index in [9.17, 15) is 0 Å². The van der Waals surface area contributed by atoms with Crippen molar-refractivity contribution >= 4 is 17.0 Å². The average Bonchev–Trinajstić information content (AvgIpc) is 3.04. The van der Waals surface area contributed by atoms with E-state index in [1.165, 1.54) is 11.1 Å². The van der Waals surface area contributed by atoms with Crippen LogP contribution in [0.15, 0.2) is 66.9 Å². The van der Waals surface area contributed by atoms with Crippen LogP contribution in [-0.4, -0.2) is 45.7 Å². The number of hydrogen-bond acceptors (Lipinski definition) is 4. The molecule has 5 rings (SSSR count). The summed E-state index contributed by atoms with van der Waals surface area (Å²) in [6.45, 7) is 5.14. The average molecular weight is 343 g/mol. The van der Waals surface area contributed by atoms with Crippen LogP contribution >= 0.6 is 0 Å². The number of aromatic nitrogens is 3. The van der Waals surface area contributed by atoms with E-state index in [2.05, 4.69) is 69.4 Å². The number of allylic oxidation sites excluding steroid dienone is 4. The van der Waals surface area contributed by atoms with E-state index < -0.39 is 0 Å². The molecule has 0 atom stereocenters. The van der Waals surface area contributed by atoms with Crippen molar-refractivity contribution in [1.29, 1.82) is 0 Å². The summed E-state index contributed by atoms with van der Waals surface area (Å²) in [5, 5.41) is 4.78. The molecule has 5 nitrogen and oxygen atoms in total. The van der Waals surface area contributed by atoms with Gasteiger partial charge in [-0.2, -0.15) is 0 Å². The summed E-state index contributed by atoms with van der Waals surface area (Å²) < 4.78 is 1.90. The van der Waals surface area contributed by atoms with Gasteiger partial charge in [0.05, 0.1) is 11.9 Å². The minimum Gasteiger partial charge on any atom is -0.353 e. The molecule has 3 heterocycles. The normalized spacial score (nSPS) is 17.4. The molecule has 0 amide bonds. The first-order valence-electron chi connectivity index (χ1n) is 9.11. The van der Waals surface area contributed by atoms with Crippen molar-refractivity contribution in [2.24, 2.45) is 0 Å². The maximum Gasteiger partial charge on any atom is 0.154 e. The van der Waals surface area contributed by atoms with Crippen molar-refractivity contribution in [3.8, 4) is 0 Å². The number of rotatable bonds is 4. The summed E-state index contributed by atoms with van der Waals surface area (Å²) in [6.07, 6.45) is 8.20. The minimum atomic E-state index is 0.896. The van der Waals surface area contributed by atoms with Gasteiger partial charge in [0.15, 0.2) is 5.65 Å². The van der Waals surface area contributed by atoms with Crippen LogP contribution in [0.4, 0.5) is 5.82 Å². The van der Waals surface area contributed by atoms with Gasteiger partial charge in [0.1, 0.15) is 5.82 Å². The Labute approximate surface area is 152 Å². The summed E-state index contributed by atoms with van der Waals surface area (Å²) >= 11 is 0. The number of anilines is 1. The Kier molecular flexibility index (Phi) is 3.79. The third-order valence-corrected chi connectivity index (χ3v) is 5.10. The number of hydrogen-bond donors (Lipinski definition) is 0. The number of fused-ring (bicyclic) bond motifs is 1. The Morgan fingerprint density at radius 2 is 1.73 bits per heavy atom. The van der Waals surface area contributed by atoms with Crippen molar-refractivity contribution in [1.82, 2.24) is 19.5 Å². The molecule has 2 aromatic heterocycles. The Morgan fingerprint density at radius 3 is 2.46 bits per heavy atom. The molecule has 1 fully saturated rings. The zero-order chi connectivity index (χ0) is 17.3. The molecule has 1 aliphatic heterocycles. The fraction of sp³-hybridized carbons (Fsp3) is 0.238. The van der Waals surface area contributed by atoms with E-state index in [0.29, 0.717) is 0 Å². The number of nitrogens with zero attached hydrogens (tertiary/aromatic N) is 5. The van der Waals surface area contributed by atoms with Gasteiger partial charge in [0.25, 0.3) is 0 Å². The molecular formula is C21H21N5. The molecule has 5 heteroatoms. The van der Waals surface area contributed by atoms with Gasteiger partial charge in [-0.05, 0) is 17.7 Å². The summed E-state index contributed by atoms with van der Waals surface area (Å²) in [5.74, 6) is 1.03. The van der Waals surface area contributed by atoms with E-state index >= 15 is 0 Å². The molecule has 0 saturated carbocycles. The molecule has 0 unspecified atom stereocenters. The summed E-state index contributed by atoms with van der Waals surface area (Å²) in [7, 11) is 0. The predicted molar refractivity (Wildman–Crippen MR) is 104 cm³/mol. The lowest BCUT2D eigenvalue weighted by Crippen LogP contribution is -2.46. The van der Waals surface area contributed by atoms with Gasteiger partial charge < -0.3 is 4.90 Å². The predicted octanol–water partition coefficient (Wildman–Crippen LogP) is 3.00. The van der Waals surface area contributed by atoms with E-state index in [1.807, 2.05) is 16.8 Å². The number of piperazine rings is 1. The quantitative estimate of drug-likeness (QED) is 0.730. The first-order valence-corrected chi connectivity index (χ1v) is 9.11. The molecule has 1 aliphatic carbocycles. The van der Waals surface area contributed by atoms with Crippen molar-refractivity contribution in [2.45, 2.75) is 6.54 Å². The van der Waals surface area contributed by atoms with Gasteiger partial charge in [0, 0.05) is 38.3 Å². The van der Waals surface area contributed by atoms with Gasteiger partial charge in [0.2, 0.25) is 0 Å². The highest BCUT2D eigenvalue weighted by atomic mass is 15.4. The van der Waals surface area contributed by atoms with E-state index in [4.69, 9.17) is 5.10 Å². The third-order valence-electron chi connectivity index (χ3n) is 5.10. The van der Waals surface area contributed by atoms with Crippen LogP contribution in [-0.2, 0) is 6.54 Å². The Bertz CT molecular complexity index is 978. The van der Waals surface area contributed by atoms with Gasteiger partial charge in [-0.25, -0.2) is 9.50 Å². The largest absolute Gasteiger partial charge is 0.353 e. The fourth-order valence-electron chi connectivity index (χ4n) is 3.52. The maximum absolute atomic E-state index is 4.78. The first kappa shape index (κ1) is 15.3. The Balaban J connectivity index is 1.27. The lowest BCUT2D eigenvalue weighted by atomic mass is 10.1. The second-order valence-electron chi connectivity index (χ2n) is 6.85. The third kappa shape index (κ3) is 2.91. The molecule has 3 aromatic rings. The molecule has 0 bridgehead atoms. The van der Waals surface area contributed by atoms with Gasteiger partial charge in [-0.1, -0.05) is 48.6 Å². The highest BCUT2D eigenvalue weighted by molar-refractivity contribution is 5.79. The van der Waals surface area contributed by atoms with Crippen LogP contribution < -0.4 is 4.90 Å².